The lowest BCUT2D eigenvalue weighted by molar-refractivity contribution is 0.122. The molecular weight excluding hydrogens is 345 g/mol. The van der Waals surface area contributed by atoms with Gasteiger partial charge >= 0.3 is 0 Å². The van der Waals surface area contributed by atoms with Crippen molar-refractivity contribution in [1.82, 2.24) is 15.6 Å². The van der Waals surface area contributed by atoms with Crippen LogP contribution in [0.4, 0.5) is 10.2 Å². The minimum Gasteiger partial charge on any atom is -0.378 e. The second-order valence-electron chi connectivity index (χ2n) is 6.26. The van der Waals surface area contributed by atoms with Crippen LogP contribution in [0.2, 0.25) is 0 Å². The summed E-state index contributed by atoms with van der Waals surface area (Å²) in [5.74, 6) is 1.47. The molecule has 0 radical (unpaired) electrons. The zero-order valence-electron chi connectivity index (χ0n) is 15.6. The van der Waals surface area contributed by atoms with Gasteiger partial charge in [-0.15, -0.1) is 0 Å². The third kappa shape index (κ3) is 5.65. The first-order chi connectivity index (χ1) is 13.3. The van der Waals surface area contributed by atoms with E-state index in [1.54, 1.807) is 12.1 Å². The second-order valence-corrected chi connectivity index (χ2v) is 6.26. The molecule has 144 valence electrons. The van der Waals surface area contributed by atoms with Crippen LogP contribution in [0.5, 0.6) is 0 Å². The molecule has 6 nitrogen and oxygen atoms in total. The Bertz CT molecular complexity index is 744. The van der Waals surface area contributed by atoms with E-state index in [0.717, 1.165) is 55.8 Å². The predicted molar refractivity (Wildman–Crippen MR) is 105 cm³/mol. The minimum absolute atomic E-state index is 0.236. The average Bonchev–Trinajstić information content (AvgIpc) is 2.72. The highest BCUT2D eigenvalue weighted by atomic mass is 19.1. The van der Waals surface area contributed by atoms with Gasteiger partial charge in [0.2, 0.25) is 0 Å². The zero-order valence-corrected chi connectivity index (χ0v) is 15.6. The number of ether oxygens (including phenoxy) is 1. The number of guanidine groups is 1. The normalized spacial score (nSPS) is 14.9. The molecule has 1 saturated heterocycles. The van der Waals surface area contributed by atoms with E-state index >= 15 is 0 Å². The van der Waals surface area contributed by atoms with E-state index in [4.69, 9.17) is 4.74 Å². The van der Waals surface area contributed by atoms with Gasteiger partial charge in [0.05, 0.1) is 19.8 Å². The maximum absolute atomic E-state index is 13.0. The summed E-state index contributed by atoms with van der Waals surface area (Å²) in [6, 6.07) is 10.4. The summed E-state index contributed by atoms with van der Waals surface area (Å²) in [6.07, 6.45) is 1.82. The number of halogens is 1. The van der Waals surface area contributed by atoms with E-state index in [9.17, 15) is 4.39 Å². The van der Waals surface area contributed by atoms with E-state index in [2.05, 4.69) is 31.6 Å². The maximum Gasteiger partial charge on any atom is 0.191 e. The number of hydrogen-bond donors (Lipinski definition) is 2. The number of anilines is 1. The number of pyridine rings is 1. The number of nitrogens with one attached hydrogen (secondary N) is 2. The Morgan fingerprint density at radius 2 is 1.96 bits per heavy atom. The Kier molecular flexibility index (Phi) is 6.98. The smallest absolute Gasteiger partial charge is 0.191 e. The lowest BCUT2D eigenvalue weighted by Crippen LogP contribution is -2.39. The fourth-order valence-corrected chi connectivity index (χ4v) is 2.91. The molecule has 0 unspecified atom stereocenters. The quantitative estimate of drug-likeness (QED) is 0.603. The molecule has 2 heterocycles. The Balaban J connectivity index is 1.65. The van der Waals surface area contributed by atoms with Crippen molar-refractivity contribution in [2.45, 2.75) is 20.0 Å². The summed E-state index contributed by atoms with van der Waals surface area (Å²) in [5, 5.41) is 6.61. The third-order valence-electron chi connectivity index (χ3n) is 4.30. The molecule has 3 rings (SSSR count). The van der Waals surface area contributed by atoms with Crippen molar-refractivity contribution in [3.05, 3.63) is 59.5 Å². The molecule has 2 N–H and O–H groups in total. The molecule has 7 heteroatoms. The SMILES string of the molecule is CCNC(=NCc1ccc(F)cc1)NCc1cccnc1N1CCOCC1. The van der Waals surface area contributed by atoms with Gasteiger partial charge in [0, 0.05) is 37.9 Å². The van der Waals surface area contributed by atoms with E-state index in [0.29, 0.717) is 13.1 Å². The number of rotatable bonds is 6. The number of benzene rings is 1. The highest BCUT2D eigenvalue weighted by Crippen LogP contribution is 2.18. The Morgan fingerprint density at radius 3 is 2.70 bits per heavy atom. The van der Waals surface area contributed by atoms with Crippen molar-refractivity contribution in [1.29, 1.82) is 0 Å². The fourth-order valence-electron chi connectivity index (χ4n) is 2.91. The van der Waals surface area contributed by atoms with Crippen molar-refractivity contribution >= 4 is 11.8 Å². The molecule has 1 aliphatic rings. The van der Waals surface area contributed by atoms with Crippen LogP contribution in [0.15, 0.2) is 47.6 Å². The molecular formula is C20H26FN5O. The van der Waals surface area contributed by atoms with Gasteiger partial charge in [0.15, 0.2) is 5.96 Å². The number of nitrogens with zero attached hydrogens (tertiary/aromatic N) is 3. The first-order valence-corrected chi connectivity index (χ1v) is 9.29. The minimum atomic E-state index is -0.236. The third-order valence-corrected chi connectivity index (χ3v) is 4.30. The Labute approximate surface area is 159 Å². The summed E-state index contributed by atoms with van der Waals surface area (Å²) in [7, 11) is 0. The van der Waals surface area contributed by atoms with Crippen LogP contribution in [0.25, 0.3) is 0 Å². The highest BCUT2D eigenvalue weighted by Gasteiger charge is 2.15. The molecule has 0 bridgehead atoms. The van der Waals surface area contributed by atoms with Gasteiger partial charge in [-0.05, 0) is 30.7 Å². The fraction of sp³-hybridized carbons (Fsp3) is 0.400. The summed E-state index contributed by atoms with van der Waals surface area (Å²) in [5.41, 5.74) is 2.08. The molecule has 27 heavy (non-hydrogen) atoms. The van der Waals surface area contributed by atoms with Crippen LogP contribution in [0.3, 0.4) is 0 Å². The van der Waals surface area contributed by atoms with Gasteiger partial charge < -0.3 is 20.3 Å². The van der Waals surface area contributed by atoms with Gasteiger partial charge in [-0.25, -0.2) is 14.4 Å². The maximum atomic E-state index is 13.0. The summed E-state index contributed by atoms with van der Waals surface area (Å²) in [4.78, 5) is 11.4. The van der Waals surface area contributed by atoms with E-state index < -0.39 is 0 Å². The van der Waals surface area contributed by atoms with Gasteiger partial charge in [-0.1, -0.05) is 18.2 Å². The van der Waals surface area contributed by atoms with Crippen LogP contribution < -0.4 is 15.5 Å². The number of aromatic nitrogens is 1. The molecule has 0 spiro atoms. The predicted octanol–water partition coefficient (Wildman–Crippen LogP) is 2.31. The zero-order chi connectivity index (χ0) is 18.9. The molecule has 1 aliphatic heterocycles. The topological polar surface area (TPSA) is 61.8 Å². The molecule has 0 amide bonds. The lowest BCUT2D eigenvalue weighted by atomic mass is 10.2. The molecule has 2 aromatic rings. The number of morpholine rings is 1. The number of hydrogen-bond acceptors (Lipinski definition) is 4. The first-order valence-electron chi connectivity index (χ1n) is 9.29. The van der Waals surface area contributed by atoms with Crippen LogP contribution >= 0.6 is 0 Å². The van der Waals surface area contributed by atoms with E-state index in [1.807, 2.05) is 19.2 Å². The molecule has 0 atom stereocenters. The van der Waals surface area contributed by atoms with Crippen molar-refractivity contribution in [3.8, 4) is 0 Å². The number of aliphatic imine (C=N–C) groups is 1. The Hall–Kier alpha value is -2.67. The molecule has 0 saturated carbocycles. The monoisotopic (exact) mass is 371 g/mol. The average molecular weight is 371 g/mol. The van der Waals surface area contributed by atoms with Crippen LogP contribution in [0.1, 0.15) is 18.1 Å². The van der Waals surface area contributed by atoms with Crippen LogP contribution in [0, 0.1) is 5.82 Å². The van der Waals surface area contributed by atoms with E-state index in [-0.39, 0.29) is 5.82 Å². The highest BCUT2D eigenvalue weighted by molar-refractivity contribution is 5.79. The summed E-state index contributed by atoms with van der Waals surface area (Å²) < 4.78 is 18.5. The van der Waals surface area contributed by atoms with Crippen molar-refractivity contribution in [3.63, 3.8) is 0 Å². The van der Waals surface area contributed by atoms with Crippen LogP contribution in [-0.4, -0.2) is 43.8 Å². The lowest BCUT2D eigenvalue weighted by Gasteiger charge is -2.29. The van der Waals surface area contributed by atoms with Crippen molar-refractivity contribution in [2.75, 3.05) is 37.7 Å². The molecule has 1 aromatic carbocycles. The van der Waals surface area contributed by atoms with Crippen LogP contribution in [-0.2, 0) is 17.8 Å². The molecule has 1 aromatic heterocycles. The second kappa shape index (κ2) is 9.87. The first kappa shape index (κ1) is 19.1. The summed E-state index contributed by atoms with van der Waals surface area (Å²) in [6.45, 7) is 7.05. The van der Waals surface area contributed by atoms with Gasteiger partial charge in [0.25, 0.3) is 0 Å². The van der Waals surface area contributed by atoms with Gasteiger partial charge in [0.1, 0.15) is 11.6 Å². The van der Waals surface area contributed by atoms with Crippen molar-refractivity contribution in [2.24, 2.45) is 4.99 Å². The molecule has 1 fully saturated rings. The Morgan fingerprint density at radius 1 is 1.19 bits per heavy atom. The molecule has 0 aliphatic carbocycles. The van der Waals surface area contributed by atoms with Gasteiger partial charge in [-0.2, -0.15) is 0 Å². The van der Waals surface area contributed by atoms with E-state index in [1.165, 1.54) is 12.1 Å². The van der Waals surface area contributed by atoms with Gasteiger partial charge in [-0.3, -0.25) is 0 Å². The largest absolute Gasteiger partial charge is 0.378 e. The summed E-state index contributed by atoms with van der Waals surface area (Å²) >= 11 is 0. The van der Waals surface area contributed by atoms with Crippen molar-refractivity contribution < 1.29 is 9.13 Å². The standard InChI is InChI=1S/C20H26FN5O/c1-2-22-20(24-14-16-5-7-18(21)8-6-16)25-15-17-4-3-9-23-19(17)26-10-12-27-13-11-26/h3-9H,2,10-15H2,1H3,(H2,22,24,25).